The minimum Gasteiger partial charge on any atom is -0.487 e. The molecular weight excluding hydrogens is 414 g/mol. The molecule has 170 valence electrons. The lowest BCUT2D eigenvalue weighted by atomic mass is 10.1. The van der Waals surface area contributed by atoms with E-state index < -0.39 is 0 Å². The van der Waals surface area contributed by atoms with Gasteiger partial charge in [0, 0.05) is 18.6 Å². The number of nitrogens with zero attached hydrogens (tertiary/aromatic N) is 1. The number of aryl methyl sites for hydroxylation is 1. The van der Waals surface area contributed by atoms with E-state index in [9.17, 15) is 0 Å². The topological polar surface area (TPSA) is 53.7 Å². The highest BCUT2D eigenvalue weighted by molar-refractivity contribution is 5.65. The number of hydrogen-bond donors (Lipinski definition) is 0. The van der Waals surface area contributed by atoms with Crippen molar-refractivity contribution in [2.75, 3.05) is 6.61 Å². The van der Waals surface area contributed by atoms with E-state index in [1.54, 1.807) is 0 Å². The fourth-order valence-electron chi connectivity index (χ4n) is 3.48. The van der Waals surface area contributed by atoms with Gasteiger partial charge in [0.1, 0.15) is 29.6 Å². The first-order chi connectivity index (χ1) is 16.2. The first-order valence-electron chi connectivity index (χ1n) is 11.3. The zero-order chi connectivity index (χ0) is 23.0. The molecule has 4 rings (SSSR count). The van der Waals surface area contributed by atoms with E-state index in [1.807, 2.05) is 93.6 Å². The Balaban J connectivity index is 1.40. The van der Waals surface area contributed by atoms with Crippen molar-refractivity contribution >= 4 is 0 Å². The molecule has 1 unspecified atom stereocenters. The average Bonchev–Trinajstić information content (AvgIpc) is 3.24. The lowest BCUT2D eigenvalue weighted by molar-refractivity contribution is -0.0766. The molecule has 0 radical (unpaired) electrons. The molecule has 0 aliphatic heterocycles. The van der Waals surface area contributed by atoms with E-state index in [0.29, 0.717) is 19.1 Å². The third kappa shape index (κ3) is 5.82. The van der Waals surface area contributed by atoms with Crippen molar-refractivity contribution in [2.24, 2.45) is 0 Å². The SMILES string of the molecule is CCOC(CC)Oc1cccc(-c2ccc(OCc3nc(-c4ccccc4)oc3C)cc2)c1. The average molecular weight is 444 g/mol. The molecule has 0 N–H and O–H groups in total. The monoisotopic (exact) mass is 443 g/mol. The van der Waals surface area contributed by atoms with Crippen LogP contribution in [-0.4, -0.2) is 17.9 Å². The van der Waals surface area contributed by atoms with Crippen molar-refractivity contribution in [1.29, 1.82) is 0 Å². The van der Waals surface area contributed by atoms with Gasteiger partial charge in [0.2, 0.25) is 5.89 Å². The molecule has 0 aliphatic carbocycles. The molecule has 0 spiro atoms. The highest BCUT2D eigenvalue weighted by atomic mass is 16.7. The summed E-state index contributed by atoms with van der Waals surface area (Å²) in [7, 11) is 0. The lowest BCUT2D eigenvalue weighted by Gasteiger charge is -2.17. The Morgan fingerprint density at radius 2 is 1.58 bits per heavy atom. The number of ether oxygens (including phenoxy) is 3. The summed E-state index contributed by atoms with van der Waals surface area (Å²) in [6, 6.07) is 25.9. The zero-order valence-electron chi connectivity index (χ0n) is 19.3. The summed E-state index contributed by atoms with van der Waals surface area (Å²) >= 11 is 0. The van der Waals surface area contributed by atoms with Crippen molar-refractivity contribution in [3.05, 3.63) is 90.3 Å². The summed E-state index contributed by atoms with van der Waals surface area (Å²) in [4.78, 5) is 4.60. The first kappa shape index (κ1) is 22.6. The molecule has 0 saturated carbocycles. The highest BCUT2D eigenvalue weighted by Crippen LogP contribution is 2.27. The molecule has 0 saturated heterocycles. The smallest absolute Gasteiger partial charge is 0.226 e. The van der Waals surface area contributed by atoms with E-state index in [-0.39, 0.29) is 6.29 Å². The molecule has 0 bridgehead atoms. The second kappa shape index (κ2) is 10.8. The maximum absolute atomic E-state index is 5.97. The Labute approximate surface area is 195 Å². The second-order valence-corrected chi connectivity index (χ2v) is 7.64. The Morgan fingerprint density at radius 1 is 0.818 bits per heavy atom. The van der Waals surface area contributed by atoms with E-state index in [4.69, 9.17) is 18.6 Å². The van der Waals surface area contributed by atoms with Gasteiger partial charge < -0.3 is 18.6 Å². The molecule has 3 aromatic carbocycles. The minimum atomic E-state index is -0.233. The summed E-state index contributed by atoms with van der Waals surface area (Å²) < 4.78 is 23.3. The molecular formula is C28H29NO4. The molecule has 1 heterocycles. The van der Waals surface area contributed by atoms with Crippen LogP contribution >= 0.6 is 0 Å². The Morgan fingerprint density at radius 3 is 2.30 bits per heavy atom. The van der Waals surface area contributed by atoms with Crippen LogP contribution in [0, 0.1) is 6.92 Å². The molecule has 4 aromatic rings. The molecule has 0 fully saturated rings. The molecule has 5 nitrogen and oxygen atoms in total. The summed E-state index contributed by atoms with van der Waals surface area (Å²) in [5, 5.41) is 0. The second-order valence-electron chi connectivity index (χ2n) is 7.64. The normalized spacial score (nSPS) is 11.8. The lowest BCUT2D eigenvalue weighted by Crippen LogP contribution is -2.19. The van der Waals surface area contributed by atoms with Gasteiger partial charge in [-0.25, -0.2) is 4.98 Å². The van der Waals surface area contributed by atoms with Crippen LogP contribution < -0.4 is 9.47 Å². The molecule has 0 amide bonds. The van der Waals surface area contributed by atoms with E-state index in [1.165, 1.54) is 0 Å². The van der Waals surface area contributed by atoms with Gasteiger partial charge in [-0.15, -0.1) is 0 Å². The van der Waals surface area contributed by atoms with Crippen molar-refractivity contribution in [3.63, 3.8) is 0 Å². The van der Waals surface area contributed by atoms with Crippen LogP contribution in [0.2, 0.25) is 0 Å². The zero-order valence-corrected chi connectivity index (χ0v) is 19.3. The maximum atomic E-state index is 5.97. The third-order valence-electron chi connectivity index (χ3n) is 5.26. The fraction of sp³-hybridized carbons (Fsp3) is 0.250. The van der Waals surface area contributed by atoms with Gasteiger partial charge in [-0.2, -0.15) is 0 Å². The number of aromatic nitrogens is 1. The molecule has 1 aromatic heterocycles. The number of hydrogen-bond acceptors (Lipinski definition) is 5. The first-order valence-corrected chi connectivity index (χ1v) is 11.3. The van der Waals surface area contributed by atoms with Crippen LogP contribution in [0.25, 0.3) is 22.6 Å². The molecule has 1 atom stereocenters. The van der Waals surface area contributed by atoms with E-state index in [0.717, 1.165) is 46.1 Å². The summed E-state index contributed by atoms with van der Waals surface area (Å²) in [6.45, 7) is 6.90. The number of oxazole rings is 1. The predicted molar refractivity (Wildman–Crippen MR) is 129 cm³/mol. The van der Waals surface area contributed by atoms with Crippen molar-refractivity contribution in [2.45, 2.75) is 40.1 Å². The summed E-state index contributed by atoms with van der Waals surface area (Å²) in [5.41, 5.74) is 3.91. The van der Waals surface area contributed by atoms with Gasteiger partial charge in [-0.1, -0.05) is 49.4 Å². The third-order valence-corrected chi connectivity index (χ3v) is 5.26. The van der Waals surface area contributed by atoms with Gasteiger partial charge in [0.25, 0.3) is 0 Å². The standard InChI is InChI=1S/C28H29NO4/c1-4-27(30-5-2)33-25-13-9-12-23(18-25)21-14-16-24(17-15-21)31-19-26-20(3)32-28(29-26)22-10-7-6-8-11-22/h6-18,27H,4-5,19H2,1-3H3. The predicted octanol–water partition coefficient (Wildman–Crippen LogP) is 7.05. The van der Waals surface area contributed by atoms with Crippen LogP contribution in [0.4, 0.5) is 0 Å². The van der Waals surface area contributed by atoms with Crippen LogP contribution in [0.5, 0.6) is 11.5 Å². The van der Waals surface area contributed by atoms with Crippen LogP contribution in [0.1, 0.15) is 31.7 Å². The molecule has 5 heteroatoms. The van der Waals surface area contributed by atoms with Gasteiger partial charge in [-0.3, -0.25) is 0 Å². The Kier molecular flexibility index (Phi) is 7.43. The summed E-state index contributed by atoms with van der Waals surface area (Å²) in [6.07, 6.45) is 0.561. The van der Waals surface area contributed by atoms with Crippen LogP contribution in [0.15, 0.2) is 83.3 Å². The van der Waals surface area contributed by atoms with Gasteiger partial charge >= 0.3 is 0 Å². The van der Waals surface area contributed by atoms with Gasteiger partial charge in [-0.05, 0) is 61.4 Å². The van der Waals surface area contributed by atoms with Gasteiger partial charge in [0.15, 0.2) is 6.29 Å². The fourth-order valence-corrected chi connectivity index (χ4v) is 3.48. The quantitative estimate of drug-likeness (QED) is 0.246. The highest BCUT2D eigenvalue weighted by Gasteiger charge is 2.12. The summed E-state index contributed by atoms with van der Waals surface area (Å²) in [5.74, 6) is 2.94. The molecule has 33 heavy (non-hydrogen) atoms. The minimum absolute atomic E-state index is 0.233. The van der Waals surface area contributed by atoms with Crippen molar-refractivity contribution < 1.29 is 18.6 Å². The number of rotatable bonds is 10. The largest absolute Gasteiger partial charge is 0.487 e. The van der Waals surface area contributed by atoms with Gasteiger partial charge in [0.05, 0.1) is 0 Å². The Hall–Kier alpha value is -3.57. The van der Waals surface area contributed by atoms with Crippen molar-refractivity contribution in [3.8, 4) is 34.1 Å². The molecule has 0 aliphatic rings. The maximum Gasteiger partial charge on any atom is 0.226 e. The Bertz CT molecular complexity index is 1150. The number of benzene rings is 3. The van der Waals surface area contributed by atoms with E-state index in [2.05, 4.69) is 11.1 Å². The van der Waals surface area contributed by atoms with Crippen LogP contribution in [-0.2, 0) is 11.3 Å². The van der Waals surface area contributed by atoms with Crippen LogP contribution in [0.3, 0.4) is 0 Å². The van der Waals surface area contributed by atoms with E-state index >= 15 is 0 Å². The van der Waals surface area contributed by atoms with Crippen molar-refractivity contribution in [1.82, 2.24) is 4.98 Å².